The van der Waals surface area contributed by atoms with Gasteiger partial charge in [-0.1, -0.05) is 72.8 Å². The average Bonchev–Trinajstić information content (AvgIpc) is 2.81. The molecule has 0 radical (unpaired) electrons. The van der Waals surface area contributed by atoms with Crippen LogP contribution in [0.1, 0.15) is 0 Å². The van der Waals surface area contributed by atoms with Crippen LogP contribution in [0.4, 0.5) is 11.4 Å². The maximum absolute atomic E-state index is 5.82. The van der Waals surface area contributed by atoms with E-state index in [0.29, 0.717) is 37.7 Å². The van der Waals surface area contributed by atoms with Crippen LogP contribution in [0.25, 0.3) is 21.5 Å². The van der Waals surface area contributed by atoms with Gasteiger partial charge in [0.1, 0.15) is 13.2 Å². The largest absolute Gasteiger partial charge is 0.470 e. The van der Waals surface area contributed by atoms with E-state index in [1.807, 2.05) is 48.5 Å². The molecule has 160 valence electrons. The maximum atomic E-state index is 5.82. The summed E-state index contributed by atoms with van der Waals surface area (Å²) in [6, 6.07) is 28.4. The van der Waals surface area contributed by atoms with Gasteiger partial charge in [-0.25, -0.2) is 9.98 Å². The molecule has 0 atom stereocenters. The van der Waals surface area contributed by atoms with Gasteiger partial charge in [0, 0.05) is 10.8 Å². The van der Waals surface area contributed by atoms with Crippen LogP contribution in [-0.4, -0.2) is 25.0 Å². The summed E-state index contributed by atoms with van der Waals surface area (Å²) in [6.07, 6.45) is 0. The Bertz CT molecular complexity index is 1150. The van der Waals surface area contributed by atoms with Crippen molar-refractivity contribution >= 4 is 65.1 Å². The molecule has 1 aliphatic heterocycles. The second-order valence-corrected chi connectivity index (χ2v) is 8.20. The van der Waals surface area contributed by atoms with Crippen molar-refractivity contribution in [3.8, 4) is 0 Å². The predicted octanol–water partition coefficient (Wildman–Crippen LogP) is 7.18. The maximum Gasteiger partial charge on any atom is 0.278 e. The molecule has 1 aliphatic rings. The van der Waals surface area contributed by atoms with Crippen molar-refractivity contribution in [2.45, 2.75) is 0 Å². The molecular weight excluding hydrogens is 478 g/mol. The zero-order valence-corrected chi connectivity index (χ0v) is 18.8. The van der Waals surface area contributed by atoms with E-state index in [0.717, 1.165) is 32.9 Å². The Balaban J connectivity index is 0.000000730. The third-order valence-electron chi connectivity index (χ3n) is 4.72. The summed E-state index contributed by atoms with van der Waals surface area (Å²) in [7, 11) is 9.40. The molecule has 0 aromatic heterocycles. The molecule has 0 N–H and O–H groups in total. The smallest absolute Gasteiger partial charge is 0.278 e. The SMILES string of the molecule is [Cl][Ni][Cl].c1ccc2c(N=C3OCCOC3=Nc3cccc4ccccc34)cccc2c1. The van der Waals surface area contributed by atoms with E-state index in [1.165, 1.54) is 0 Å². The van der Waals surface area contributed by atoms with Gasteiger partial charge in [-0.05, 0) is 22.9 Å². The molecular formula is C24H18Cl2N2NiO2. The fourth-order valence-corrected chi connectivity index (χ4v) is 3.39. The van der Waals surface area contributed by atoms with Crippen LogP contribution in [0.15, 0.2) is 94.9 Å². The van der Waals surface area contributed by atoms with E-state index >= 15 is 0 Å². The molecule has 1 fully saturated rings. The monoisotopic (exact) mass is 494 g/mol. The Kier molecular flexibility index (Phi) is 7.42. The number of nitrogens with zero attached hydrogens (tertiary/aromatic N) is 2. The zero-order valence-electron chi connectivity index (χ0n) is 16.3. The molecule has 4 aromatic rings. The van der Waals surface area contributed by atoms with Crippen molar-refractivity contribution in [1.82, 2.24) is 0 Å². The van der Waals surface area contributed by atoms with E-state index in [-0.39, 0.29) is 0 Å². The summed E-state index contributed by atoms with van der Waals surface area (Å²) >= 11 is 0.569. The Hall–Kier alpha value is -2.59. The summed E-state index contributed by atoms with van der Waals surface area (Å²) in [6.45, 7) is 0.913. The molecule has 4 nitrogen and oxygen atoms in total. The molecule has 0 unspecified atom stereocenters. The number of ether oxygens (including phenoxy) is 2. The summed E-state index contributed by atoms with van der Waals surface area (Å²) in [5.41, 5.74) is 1.67. The topological polar surface area (TPSA) is 43.2 Å². The molecule has 0 amide bonds. The average molecular weight is 496 g/mol. The summed E-state index contributed by atoms with van der Waals surface area (Å²) in [5.74, 6) is 0.825. The fourth-order valence-electron chi connectivity index (χ4n) is 3.39. The summed E-state index contributed by atoms with van der Waals surface area (Å²) in [4.78, 5) is 9.49. The first-order valence-electron chi connectivity index (χ1n) is 9.51. The fraction of sp³-hybridized carbons (Fsp3) is 0.0833. The summed E-state index contributed by atoms with van der Waals surface area (Å²) in [5, 5.41) is 4.40. The van der Waals surface area contributed by atoms with E-state index < -0.39 is 0 Å². The number of fused-ring (bicyclic) bond motifs is 2. The van der Waals surface area contributed by atoms with E-state index in [9.17, 15) is 0 Å². The number of rotatable bonds is 2. The minimum Gasteiger partial charge on any atom is -0.470 e. The van der Waals surface area contributed by atoms with Gasteiger partial charge in [-0.2, -0.15) is 0 Å². The molecule has 7 heteroatoms. The van der Waals surface area contributed by atoms with Gasteiger partial charge >= 0.3 is 33.0 Å². The first kappa shape index (κ1) is 21.6. The number of hydrogen-bond acceptors (Lipinski definition) is 4. The van der Waals surface area contributed by atoms with Crippen LogP contribution in [0, 0.1) is 0 Å². The van der Waals surface area contributed by atoms with Crippen molar-refractivity contribution in [2.75, 3.05) is 13.2 Å². The van der Waals surface area contributed by atoms with Crippen molar-refractivity contribution in [3.05, 3.63) is 84.9 Å². The molecule has 5 rings (SSSR count). The van der Waals surface area contributed by atoms with Crippen molar-refractivity contribution in [1.29, 1.82) is 0 Å². The van der Waals surface area contributed by atoms with Gasteiger partial charge in [0.25, 0.3) is 11.8 Å². The third kappa shape index (κ3) is 5.19. The second kappa shape index (κ2) is 10.6. The molecule has 1 heterocycles. The summed E-state index contributed by atoms with van der Waals surface area (Å²) < 4.78 is 11.6. The van der Waals surface area contributed by atoms with Gasteiger partial charge in [0.2, 0.25) is 0 Å². The van der Waals surface area contributed by atoms with E-state index in [4.69, 9.17) is 39.8 Å². The quantitative estimate of drug-likeness (QED) is 0.276. The zero-order chi connectivity index (χ0) is 21.5. The van der Waals surface area contributed by atoms with Crippen LogP contribution in [0.2, 0.25) is 0 Å². The van der Waals surface area contributed by atoms with Gasteiger partial charge in [-0.15, -0.1) is 0 Å². The first-order chi connectivity index (χ1) is 15.3. The van der Waals surface area contributed by atoms with E-state index in [1.54, 1.807) is 0 Å². The molecule has 4 aromatic carbocycles. The predicted molar refractivity (Wildman–Crippen MR) is 126 cm³/mol. The van der Waals surface area contributed by atoms with Crippen LogP contribution in [0.3, 0.4) is 0 Å². The normalized spacial score (nSPS) is 16.1. The minimum atomic E-state index is 0.413. The molecule has 1 saturated heterocycles. The van der Waals surface area contributed by atoms with Crippen molar-refractivity contribution in [3.63, 3.8) is 0 Å². The van der Waals surface area contributed by atoms with Crippen LogP contribution in [-0.2, 0) is 22.1 Å². The number of halogens is 2. The first-order valence-corrected chi connectivity index (χ1v) is 12.2. The van der Waals surface area contributed by atoms with E-state index in [2.05, 4.69) is 36.4 Å². The van der Waals surface area contributed by atoms with Gasteiger partial charge in [0.15, 0.2) is 0 Å². The third-order valence-corrected chi connectivity index (χ3v) is 4.72. The molecule has 0 saturated carbocycles. The number of hydrogen-bond donors (Lipinski definition) is 0. The molecule has 0 aliphatic carbocycles. The van der Waals surface area contributed by atoms with Crippen LogP contribution >= 0.6 is 20.4 Å². The van der Waals surface area contributed by atoms with Gasteiger partial charge in [0.05, 0.1) is 11.4 Å². The molecule has 0 spiro atoms. The Morgan fingerprint density at radius 3 is 1.42 bits per heavy atom. The van der Waals surface area contributed by atoms with Gasteiger partial charge < -0.3 is 9.47 Å². The van der Waals surface area contributed by atoms with Gasteiger partial charge in [-0.3, -0.25) is 0 Å². The Labute approximate surface area is 194 Å². The Morgan fingerprint density at radius 1 is 0.581 bits per heavy atom. The van der Waals surface area contributed by atoms with Crippen LogP contribution < -0.4 is 0 Å². The number of aliphatic imine (C=N–C) groups is 2. The second-order valence-electron chi connectivity index (χ2n) is 6.57. The number of benzene rings is 4. The van der Waals surface area contributed by atoms with Crippen LogP contribution in [0.5, 0.6) is 0 Å². The van der Waals surface area contributed by atoms with Crippen molar-refractivity contribution in [2.24, 2.45) is 9.98 Å². The molecule has 0 bridgehead atoms. The molecule has 31 heavy (non-hydrogen) atoms. The Morgan fingerprint density at radius 2 is 0.968 bits per heavy atom. The minimum absolute atomic E-state index is 0.413. The standard InChI is InChI=1S/C24H18N2O2.2ClH.Ni/c1-3-11-19-17(7-1)9-5-13-21(19)25-23-24(28-16-15-27-23)26-22-14-6-10-18-8-2-4-12-20(18)22;;;/h1-14H,15-16H2;2*1H;/q;;;+2/p-2. The van der Waals surface area contributed by atoms with Crippen molar-refractivity contribution < 1.29 is 22.1 Å².